The van der Waals surface area contributed by atoms with Crippen LogP contribution in [0.5, 0.6) is 0 Å². The molecule has 1 amide bonds. The van der Waals surface area contributed by atoms with E-state index in [1.54, 1.807) is 0 Å². The first kappa shape index (κ1) is 17.7. The number of halogens is 1. The van der Waals surface area contributed by atoms with Crippen LogP contribution in [0.3, 0.4) is 0 Å². The highest BCUT2D eigenvalue weighted by Crippen LogP contribution is 2.26. The standard InChI is InChI=1S/C18H16BrN3O2S/c1-11-7-8-15(14(19)9-11)20-16(23)10-25-18-22-21-17(24-18)13-6-4-3-5-12(13)2/h3-9H,10H2,1-2H3,(H,20,23). The van der Waals surface area contributed by atoms with Crippen molar-refractivity contribution >= 4 is 39.3 Å². The van der Waals surface area contributed by atoms with E-state index in [0.29, 0.717) is 11.1 Å². The smallest absolute Gasteiger partial charge is 0.277 e. The Bertz CT molecular complexity index is 911. The predicted molar refractivity (Wildman–Crippen MR) is 103 cm³/mol. The second kappa shape index (κ2) is 7.84. The lowest BCUT2D eigenvalue weighted by Crippen LogP contribution is -2.14. The van der Waals surface area contributed by atoms with E-state index in [-0.39, 0.29) is 11.7 Å². The van der Waals surface area contributed by atoms with Crippen LogP contribution in [0.1, 0.15) is 11.1 Å². The van der Waals surface area contributed by atoms with Gasteiger partial charge in [0.2, 0.25) is 11.8 Å². The first-order valence-electron chi connectivity index (χ1n) is 7.61. The third-order valence-electron chi connectivity index (χ3n) is 3.51. The summed E-state index contributed by atoms with van der Waals surface area (Å²) in [5, 5.41) is 11.3. The molecule has 0 unspecified atom stereocenters. The average Bonchev–Trinajstić information content (AvgIpc) is 3.05. The number of carbonyl (C=O) groups excluding carboxylic acids is 1. The second-order valence-electron chi connectivity index (χ2n) is 5.51. The van der Waals surface area contributed by atoms with Gasteiger partial charge in [0.15, 0.2) is 0 Å². The number of nitrogens with one attached hydrogen (secondary N) is 1. The molecule has 1 heterocycles. The maximum Gasteiger partial charge on any atom is 0.277 e. The summed E-state index contributed by atoms with van der Waals surface area (Å²) in [6, 6.07) is 13.6. The molecular formula is C18H16BrN3O2S. The van der Waals surface area contributed by atoms with Crippen molar-refractivity contribution < 1.29 is 9.21 Å². The molecule has 0 aliphatic carbocycles. The highest BCUT2D eigenvalue weighted by molar-refractivity contribution is 9.10. The van der Waals surface area contributed by atoms with Gasteiger partial charge in [0.25, 0.3) is 5.22 Å². The molecule has 0 aliphatic rings. The van der Waals surface area contributed by atoms with Gasteiger partial charge in [0.1, 0.15) is 0 Å². The summed E-state index contributed by atoms with van der Waals surface area (Å²) >= 11 is 4.66. The summed E-state index contributed by atoms with van der Waals surface area (Å²) in [6.07, 6.45) is 0. The molecule has 0 fully saturated rings. The van der Waals surface area contributed by atoms with Gasteiger partial charge in [-0.2, -0.15) is 0 Å². The highest BCUT2D eigenvalue weighted by Gasteiger charge is 2.13. The van der Waals surface area contributed by atoms with Crippen LogP contribution in [-0.4, -0.2) is 21.9 Å². The van der Waals surface area contributed by atoms with Crippen molar-refractivity contribution in [2.24, 2.45) is 0 Å². The highest BCUT2D eigenvalue weighted by atomic mass is 79.9. The van der Waals surface area contributed by atoms with Crippen molar-refractivity contribution in [1.29, 1.82) is 0 Å². The van der Waals surface area contributed by atoms with Gasteiger partial charge in [-0.1, -0.05) is 36.0 Å². The number of hydrogen-bond donors (Lipinski definition) is 1. The Morgan fingerprint density at radius 1 is 1.20 bits per heavy atom. The molecule has 7 heteroatoms. The Morgan fingerprint density at radius 3 is 2.76 bits per heavy atom. The van der Waals surface area contributed by atoms with Gasteiger partial charge < -0.3 is 9.73 Å². The molecular weight excluding hydrogens is 402 g/mol. The fraction of sp³-hybridized carbons (Fsp3) is 0.167. The first-order chi connectivity index (χ1) is 12.0. The van der Waals surface area contributed by atoms with Gasteiger partial charge in [-0.25, -0.2) is 0 Å². The monoisotopic (exact) mass is 417 g/mol. The van der Waals surface area contributed by atoms with Crippen molar-refractivity contribution in [2.75, 3.05) is 11.1 Å². The summed E-state index contributed by atoms with van der Waals surface area (Å²) in [5.74, 6) is 0.517. The van der Waals surface area contributed by atoms with E-state index < -0.39 is 0 Å². The number of amides is 1. The lowest BCUT2D eigenvalue weighted by atomic mass is 10.1. The van der Waals surface area contributed by atoms with Crippen LogP contribution in [0.25, 0.3) is 11.5 Å². The summed E-state index contributed by atoms with van der Waals surface area (Å²) < 4.78 is 6.49. The van der Waals surface area contributed by atoms with Crippen LogP contribution in [0, 0.1) is 13.8 Å². The minimum Gasteiger partial charge on any atom is -0.411 e. The van der Waals surface area contributed by atoms with Crippen LogP contribution in [0.2, 0.25) is 0 Å². The van der Waals surface area contributed by atoms with Crippen LogP contribution in [0.15, 0.2) is 56.6 Å². The van der Waals surface area contributed by atoms with Gasteiger partial charge in [-0.3, -0.25) is 4.79 Å². The van der Waals surface area contributed by atoms with Gasteiger partial charge in [-0.05, 0) is 59.1 Å². The van der Waals surface area contributed by atoms with Crippen molar-refractivity contribution in [2.45, 2.75) is 19.1 Å². The molecule has 5 nitrogen and oxygen atoms in total. The predicted octanol–water partition coefficient (Wildman–Crippen LogP) is 4.85. The largest absolute Gasteiger partial charge is 0.411 e. The van der Waals surface area contributed by atoms with Crippen LogP contribution in [0.4, 0.5) is 5.69 Å². The summed E-state index contributed by atoms with van der Waals surface area (Å²) in [7, 11) is 0. The van der Waals surface area contributed by atoms with Crippen molar-refractivity contribution in [3.8, 4) is 11.5 Å². The molecule has 1 N–H and O–H groups in total. The average molecular weight is 418 g/mol. The first-order valence-corrected chi connectivity index (χ1v) is 9.39. The van der Waals surface area contributed by atoms with Crippen LogP contribution in [-0.2, 0) is 4.79 Å². The molecule has 1 aromatic heterocycles. The normalized spacial score (nSPS) is 10.7. The molecule has 2 aromatic carbocycles. The molecule has 0 bridgehead atoms. The Kier molecular flexibility index (Phi) is 5.55. The number of aromatic nitrogens is 2. The zero-order valence-electron chi connectivity index (χ0n) is 13.7. The molecule has 0 saturated carbocycles. The SMILES string of the molecule is Cc1ccc(NC(=O)CSc2nnc(-c3ccccc3C)o2)c(Br)c1. The number of rotatable bonds is 5. The number of nitrogens with zero attached hydrogens (tertiary/aromatic N) is 2. The van der Waals surface area contributed by atoms with E-state index in [0.717, 1.165) is 26.9 Å². The van der Waals surface area contributed by atoms with Crippen molar-refractivity contribution in [1.82, 2.24) is 10.2 Å². The fourth-order valence-corrected chi connectivity index (χ4v) is 3.38. The van der Waals surface area contributed by atoms with Crippen LogP contribution >= 0.6 is 27.7 Å². The maximum absolute atomic E-state index is 12.1. The number of anilines is 1. The van der Waals surface area contributed by atoms with E-state index in [1.165, 1.54) is 11.8 Å². The molecule has 0 atom stereocenters. The Balaban J connectivity index is 1.60. The minimum absolute atomic E-state index is 0.134. The van der Waals surface area contributed by atoms with E-state index in [4.69, 9.17) is 4.42 Å². The van der Waals surface area contributed by atoms with Gasteiger partial charge in [-0.15, -0.1) is 10.2 Å². The molecule has 25 heavy (non-hydrogen) atoms. The van der Waals surface area contributed by atoms with Gasteiger partial charge in [0, 0.05) is 10.0 Å². The second-order valence-corrected chi connectivity index (χ2v) is 7.29. The molecule has 0 aliphatic heterocycles. The molecule has 0 radical (unpaired) electrons. The molecule has 0 spiro atoms. The Labute approximate surface area is 158 Å². The molecule has 3 rings (SSSR count). The quantitative estimate of drug-likeness (QED) is 0.601. The maximum atomic E-state index is 12.1. The van der Waals surface area contributed by atoms with Crippen molar-refractivity contribution in [3.63, 3.8) is 0 Å². The summed E-state index contributed by atoms with van der Waals surface area (Å²) in [4.78, 5) is 12.1. The molecule has 3 aromatic rings. The van der Waals surface area contributed by atoms with E-state index in [1.807, 2.05) is 56.3 Å². The molecule has 128 valence electrons. The number of benzene rings is 2. The van der Waals surface area contributed by atoms with Gasteiger partial charge >= 0.3 is 0 Å². The summed E-state index contributed by atoms with van der Waals surface area (Å²) in [6.45, 7) is 3.98. The van der Waals surface area contributed by atoms with E-state index in [9.17, 15) is 4.79 Å². The summed E-state index contributed by atoms with van der Waals surface area (Å²) in [5.41, 5.74) is 3.82. The third kappa shape index (κ3) is 4.49. The Hall–Kier alpha value is -2.12. The Morgan fingerprint density at radius 2 is 2.00 bits per heavy atom. The fourth-order valence-electron chi connectivity index (χ4n) is 2.22. The van der Waals surface area contributed by atoms with E-state index in [2.05, 4.69) is 31.4 Å². The lowest BCUT2D eigenvalue weighted by molar-refractivity contribution is -0.113. The number of hydrogen-bond acceptors (Lipinski definition) is 5. The number of aryl methyl sites for hydroxylation is 2. The number of thioether (sulfide) groups is 1. The number of carbonyl (C=O) groups is 1. The van der Waals surface area contributed by atoms with Crippen LogP contribution < -0.4 is 5.32 Å². The molecule has 0 saturated heterocycles. The van der Waals surface area contributed by atoms with E-state index >= 15 is 0 Å². The minimum atomic E-state index is -0.134. The van der Waals surface area contributed by atoms with Gasteiger partial charge in [0.05, 0.1) is 11.4 Å². The lowest BCUT2D eigenvalue weighted by Gasteiger charge is -2.07. The zero-order chi connectivity index (χ0) is 17.8. The third-order valence-corrected chi connectivity index (χ3v) is 4.98. The zero-order valence-corrected chi connectivity index (χ0v) is 16.1. The topological polar surface area (TPSA) is 68.0 Å². The van der Waals surface area contributed by atoms with Crippen molar-refractivity contribution in [3.05, 3.63) is 58.1 Å².